The number of rotatable bonds is 4. The van der Waals surface area contributed by atoms with Gasteiger partial charge in [0.15, 0.2) is 0 Å². The highest BCUT2D eigenvalue weighted by Crippen LogP contribution is 2.50. The van der Waals surface area contributed by atoms with Crippen LogP contribution in [-0.4, -0.2) is 57.8 Å². The molecule has 2 aromatic rings. The van der Waals surface area contributed by atoms with E-state index < -0.39 is 0 Å². The molecule has 0 aliphatic carbocycles. The lowest BCUT2D eigenvalue weighted by Crippen LogP contribution is -2.49. The van der Waals surface area contributed by atoms with E-state index >= 15 is 0 Å². The van der Waals surface area contributed by atoms with Crippen LogP contribution in [0.5, 0.6) is 5.75 Å². The van der Waals surface area contributed by atoms with Crippen LogP contribution < -0.4 is 14.5 Å². The van der Waals surface area contributed by atoms with Crippen LogP contribution in [0, 0.1) is 0 Å². The van der Waals surface area contributed by atoms with Gasteiger partial charge in [0.25, 0.3) is 0 Å². The Morgan fingerprint density at radius 2 is 1.93 bits per heavy atom. The highest BCUT2D eigenvalue weighted by atomic mass is 16.5. The van der Waals surface area contributed by atoms with Gasteiger partial charge in [0.2, 0.25) is 0 Å². The van der Waals surface area contributed by atoms with Gasteiger partial charge in [-0.15, -0.1) is 0 Å². The molecule has 3 aliphatic heterocycles. The zero-order valence-electron chi connectivity index (χ0n) is 16.4. The Morgan fingerprint density at radius 3 is 2.81 bits per heavy atom. The number of hydrogen-bond acceptors (Lipinski definition) is 4. The third-order valence-corrected chi connectivity index (χ3v) is 6.77. The van der Waals surface area contributed by atoms with E-state index in [1.54, 1.807) is 12.7 Å². The number of hydrogen-bond donors (Lipinski definition) is 0. The van der Waals surface area contributed by atoms with Gasteiger partial charge in [0.05, 0.1) is 18.5 Å². The molecule has 0 bridgehead atoms. The molecule has 4 nitrogen and oxygen atoms in total. The first-order valence-corrected chi connectivity index (χ1v) is 10.2. The van der Waals surface area contributed by atoms with Crippen molar-refractivity contribution in [3.8, 4) is 5.75 Å². The second-order valence-corrected chi connectivity index (χ2v) is 8.15. The van der Waals surface area contributed by atoms with E-state index in [0.29, 0.717) is 12.0 Å². The summed E-state index contributed by atoms with van der Waals surface area (Å²) < 4.78 is 5.53. The average molecular weight is 364 g/mol. The number of benzene rings is 2. The molecule has 0 spiro atoms. The SMILES string of the molecule is COc1ccccc1CCN1CC[C@H]2[C@@H](C1)c1cccc3c1N2CCN3C. The predicted octanol–water partition coefficient (Wildman–Crippen LogP) is 3.37. The summed E-state index contributed by atoms with van der Waals surface area (Å²) >= 11 is 0. The number of fused-ring (bicyclic) bond motifs is 3. The second-order valence-electron chi connectivity index (χ2n) is 8.15. The summed E-state index contributed by atoms with van der Waals surface area (Å²) in [4.78, 5) is 7.80. The van der Waals surface area contributed by atoms with E-state index in [1.807, 2.05) is 6.07 Å². The summed E-state index contributed by atoms with van der Waals surface area (Å²) in [5.41, 5.74) is 5.84. The van der Waals surface area contributed by atoms with Crippen molar-refractivity contribution in [3.63, 3.8) is 0 Å². The van der Waals surface area contributed by atoms with Crippen LogP contribution >= 0.6 is 0 Å². The Kier molecular flexibility index (Phi) is 4.24. The number of ether oxygens (including phenoxy) is 1. The molecule has 0 unspecified atom stereocenters. The summed E-state index contributed by atoms with van der Waals surface area (Å²) in [6.07, 6.45) is 2.33. The van der Waals surface area contributed by atoms with Crippen LogP contribution in [0.2, 0.25) is 0 Å². The first kappa shape index (κ1) is 16.9. The lowest BCUT2D eigenvalue weighted by atomic mass is 9.89. The van der Waals surface area contributed by atoms with Gasteiger partial charge in [-0.05, 0) is 36.1 Å². The van der Waals surface area contributed by atoms with Gasteiger partial charge in [-0.3, -0.25) is 0 Å². The van der Waals surface area contributed by atoms with E-state index in [2.05, 4.69) is 58.1 Å². The summed E-state index contributed by atoms with van der Waals surface area (Å²) in [6.45, 7) is 5.79. The van der Waals surface area contributed by atoms with Crippen molar-refractivity contribution in [1.29, 1.82) is 0 Å². The van der Waals surface area contributed by atoms with Crippen molar-refractivity contribution >= 4 is 11.4 Å². The molecule has 5 rings (SSSR count). The lowest BCUT2D eigenvalue weighted by molar-refractivity contribution is 0.195. The summed E-state index contributed by atoms with van der Waals surface area (Å²) in [7, 11) is 4.00. The molecule has 2 aromatic carbocycles. The summed E-state index contributed by atoms with van der Waals surface area (Å²) in [5.74, 6) is 1.67. The first-order chi connectivity index (χ1) is 13.3. The molecule has 2 atom stereocenters. The molecule has 3 heterocycles. The smallest absolute Gasteiger partial charge is 0.122 e. The number of anilines is 2. The minimum atomic E-state index is 0.651. The normalized spacial score (nSPS) is 23.9. The van der Waals surface area contributed by atoms with E-state index in [0.717, 1.165) is 25.3 Å². The molecule has 142 valence electrons. The quantitative estimate of drug-likeness (QED) is 0.829. The van der Waals surface area contributed by atoms with Crippen molar-refractivity contribution in [1.82, 2.24) is 4.90 Å². The second kappa shape index (κ2) is 6.75. The third kappa shape index (κ3) is 2.78. The molecule has 3 aliphatic rings. The number of likely N-dealkylation sites (N-methyl/N-ethyl adjacent to an activating group) is 1. The molecule has 0 aromatic heterocycles. The van der Waals surface area contributed by atoms with Gasteiger partial charge in [-0.25, -0.2) is 0 Å². The third-order valence-electron chi connectivity index (χ3n) is 6.77. The van der Waals surface area contributed by atoms with Crippen LogP contribution in [0.3, 0.4) is 0 Å². The maximum absolute atomic E-state index is 5.53. The predicted molar refractivity (Wildman–Crippen MR) is 111 cm³/mol. The average Bonchev–Trinajstić information content (AvgIpc) is 3.04. The topological polar surface area (TPSA) is 19.0 Å². The summed E-state index contributed by atoms with van der Waals surface area (Å²) in [6, 6.07) is 16.0. The van der Waals surface area contributed by atoms with E-state index in [9.17, 15) is 0 Å². The van der Waals surface area contributed by atoms with E-state index in [1.165, 1.54) is 43.0 Å². The molecule has 0 saturated carbocycles. The zero-order valence-corrected chi connectivity index (χ0v) is 16.4. The van der Waals surface area contributed by atoms with Crippen LogP contribution in [0.15, 0.2) is 42.5 Å². The van der Waals surface area contributed by atoms with Crippen molar-refractivity contribution in [3.05, 3.63) is 53.6 Å². The molecule has 0 amide bonds. The van der Waals surface area contributed by atoms with Gasteiger partial charge in [-0.2, -0.15) is 0 Å². The first-order valence-electron chi connectivity index (χ1n) is 10.2. The Morgan fingerprint density at radius 1 is 1.04 bits per heavy atom. The van der Waals surface area contributed by atoms with Crippen LogP contribution in [0.25, 0.3) is 0 Å². The van der Waals surface area contributed by atoms with Gasteiger partial charge in [0, 0.05) is 51.7 Å². The van der Waals surface area contributed by atoms with Crippen LogP contribution in [-0.2, 0) is 6.42 Å². The Balaban J connectivity index is 1.34. The highest BCUT2D eigenvalue weighted by molar-refractivity contribution is 5.80. The minimum Gasteiger partial charge on any atom is -0.496 e. The molecule has 0 N–H and O–H groups in total. The zero-order chi connectivity index (χ0) is 18.4. The van der Waals surface area contributed by atoms with E-state index in [-0.39, 0.29) is 0 Å². The largest absolute Gasteiger partial charge is 0.496 e. The fourth-order valence-electron chi connectivity index (χ4n) is 5.37. The molecule has 27 heavy (non-hydrogen) atoms. The monoisotopic (exact) mass is 363 g/mol. The molecule has 1 fully saturated rings. The van der Waals surface area contributed by atoms with Gasteiger partial charge in [-0.1, -0.05) is 30.3 Å². The molecule has 4 heteroatoms. The van der Waals surface area contributed by atoms with Gasteiger partial charge in [0.1, 0.15) is 5.75 Å². The van der Waals surface area contributed by atoms with Crippen molar-refractivity contribution in [2.75, 3.05) is 56.7 Å². The number of likely N-dealkylation sites (tertiary alicyclic amines) is 1. The molecule has 1 saturated heterocycles. The highest BCUT2D eigenvalue weighted by Gasteiger charge is 2.44. The Labute approximate surface area is 162 Å². The van der Waals surface area contributed by atoms with Crippen molar-refractivity contribution in [2.24, 2.45) is 0 Å². The fourth-order valence-corrected chi connectivity index (χ4v) is 5.37. The summed E-state index contributed by atoms with van der Waals surface area (Å²) in [5, 5.41) is 0. The van der Waals surface area contributed by atoms with Gasteiger partial charge < -0.3 is 19.4 Å². The molecule has 0 radical (unpaired) electrons. The Hall–Kier alpha value is -2.20. The maximum Gasteiger partial charge on any atom is 0.122 e. The number of methoxy groups -OCH3 is 1. The van der Waals surface area contributed by atoms with E-state index in [4.69, 9.17) is 4.74 Å². The van der Waals surface area contributed by atoms with Crippen molar-refractivity contribution in [2.45, 2.75) is 24.8 Å². The standard InChI is InChI=1S/C23H29N3O/c1-24-14-15-26-20-11-13-25(12-10-17-6-3-4-9-22(17)27-2)16-19(20)18-7-5-8-21(24)23(18)26/h3-9,19-20H,10-16H2,1-2H3/t19-,20-/m0/s1. The molecular weight excluding hydrogens is 334 g/mol. The lowest BCUT2D eigenvalue weighted by Gasteiger charge is -2.41. The van der Waals surface area contributed by atoms with Crippen molar-refractivity contribution < 1.29 is 4.74 Å². The minimum absolute atomic E-state index is 0.651. The number of nitrogens with zero attached hydrogens (tertiary/aromatic N) is 3. The fraction of sp³-hybridized carbons (Fsp3) is 0.478. The maximum atomic E-state index is 5.53. The van der Waals surface area contributed by atoms with Crippen LogP contribution in [0.1, 0.15) is 23.5 Å². The Bertz CT molecular complexity index is 836. The van der Waals surface area contributed by atoms with Crippen LogP contribution in [0.4, 0.5) is 11.4 Å². The number of para-hydroxylation sites is 2. The molecular formula is C23H29N3O. The van der Waals surface area contributed by atoms with Gasteiger partial charge >= 0.3 is 0 Å². The number of piperidine rings is 1.